The van der Waals surface area contributed by atoms with Crippen LogP contribution in [-0.4, -0.2) is 47.3 Å². The molecule has 0 aromatic heterocycles. The zero-order valence-corrected chi connectivity index (χ0v) is 19.1. The highest BCUT2D eigenvalue weighted by atomic mass is 16.5. The molecule has 2 aliphatic rings. The summed E-state index contributed by atoms with van der Waals surface area (Å²) in [5.41, 5.74) is 0. The minimum atomic E-state index is -0.621. The number of aliphatic hydroxyl groups excluding tert-OH is 2. The molecule has 0 bridgehead atoms. The third kappa shape index (κ3) is 8.55. The first-order chi connectivity index (χ1) is 15.5. The molecule has 0 unspecified atom stereocenters. The van der Waals surface area contributed by atoms with Crippen molar-refractivity contribution >= 4 is 11.7 Å². The largest absolute Gasteiger partial charge is 0.491 e. The zero-order valence-electron chi connectivity index (χ0n) is 19.1. The van der Waals surface area contributed by atoms with E-state index in [1.807, 2.05) is 30.3 Å². The lowest BCUT2D eigenvalue weighted by Crippen LogP contribution is -2.25. The highest BCUT2D eigenvalue weighted by Gasteiger charge is 2.40. The van der Waals surface area contributed by atoms with E-state index < -0.39 is 12.2 Å². The molecule has 32 heavy (non-hydrogen) atoms. The lowest BCUT2D eigenvalue weighted by molar-refractivity contribution is -0.122. The number of ketones is 1. The highest BCUT2D eigenvalue weighted by Crippen LogP contribution is 2.36. The van der Waals surface area contributed by atoms with E-state index in [9.17, 15) is 19.8 Å². The predicted octanol–water partition coefficient (Wildman–Crippen LogP) is 3.64. The number of aliphatic hydroxyl groups is 2. The van der Waals surface area contributed by atoms with Crippen LogP contribution in [0.3, 0.4) is 0 Å². The fourth-order valence-corrected chi connectivity index (χ4v) is 4.63. The zero-order chi connectivity index (χ0) is 22.8. The van der Waals surface area contributed by atoms with E-state index >= 15 is 0 Å². The summed E-state index contributed by atoms with van der Waals surface area (Å²) in [5.74, 6) is 1.54. The second-order valence-corrected chi connectivity index (χ2v) is 9.56. The normalized spacial score (nSPS) is 23.8. The van der Waals surface area contributed by atoms with Crippen molar-refractivity contribution in [3.8, 4) is 5.75 Å². The van der Waals surface area contributed by atoms with Gasteiger partial charge in [0.15, 0.2) is 0 Å². The molecular weight excluding hydrogens is 406 g/mol. The number of benzene rings is 1. The molecule has 4 atom stereocenters. The summed E-state index contributed by atoms with van der Waals surface area (Å²) < 4.78 is 5.60. The van der Waals surface area contributed by atoms with E-state index in [1.54, 1.807) is 0 Å². The molecule has 6 nitrogen and oxygen atoms in total. The number of rotatable bonds is 15. The number of hydrogen-bond acceptors (Lipinski definition) is 5. The Morgan fingerprint density at radius 3 is 2.59 bits per heavy atom. The average molecular weight is 446 g/mol. The van der Waals surface area contributed by atoms with Gasteiger partial charge in [0.1, 0.15) is 18.1 Å². The Labute approximate surface area is 191 Å². The van der Waals surface area contributed by atoms with Crippen molar-refractivity contribution in [2.45, 2.75) is 82.8 Å². The smallest absolute Gasteiger partial charge is 0.220 e. The van der Waals surface area contributed by atoms with Crippen molar-refractivity contribution in [3.63, 3.8) is 0 Å². The second kappa shape index (κ2) is 12.9. The Bertz CT molecular complexity index is 705. The summed E-state index contributed by atoms with van der Waals surface area (Å²) >= 11 is 0. The molecular formula is C26H39NO5. The summed E-state index contributed by atoms with van der Waals surface area (Å²) in [7, 11) is 0. The Kier molecular flexibility index (Phi) is 10.0. The monoisotopic (exact) mass is 445 g/mol. The van der Waals surface area contributed by atoms with Crippen molar-refractivity contribution in [2.24, 2.45) is 17.8 Å². The summed E-state index contributed by atoms with van der Waals surface area (Å²) in [4.78, 5) is 24.2. The Hall–Kier alpha value is -1.92. The van der Waals surface area contributed by atoms with Gasteiger partial charge in [0.2, 0.25) is 5.91 Å². The van der Waals surface area contributed by atoms with Crippen LogP contribution >= 0.6 is 0 Å². The Balaban J connectivity index is 1.29. The van der Waals surface area contributed by atoms with Crippen LogP contribution in [0.4, 0.5) is 0 Å². The molecule has 6 heteroatoms. The van der Waals surface area contributed by atoms with Crippen molar-refractivity contribution in [3.05, 3.63) is 30.3 Å². The van der Waals surface area contributed by atoms with Gasteiger partial charge >= 0.3 is 0 Å². The van der Waals surface area contributed by atoms with E-state index in [0.717, 1.165) is 44.4 Å². The molecule has 0 aliphatic heterocycles. The van der Waals surface area contributed by atoms with E-state index in [1.165, 1.54) is 12.8 Å². The number of ether oxygens (including phenoxy) is 1. The van der Waals surface area contributed by atoms with Gasteiger partial charge in [-0.15, -0.1) is 0 Å². The average Bonchev–Trinajstić information content (AvgIpc) is 3.58. The van der Waals surface area contributed by atoms with Crippen LogP contribution in [0.2, 0.25) is 0 Å². The van der Waals surface area contributed by atoms with Crippen LogP contribution in [0.15, 0.2) is 30.3 Å². The van der Waals surface area contributed by atoms with Gasteiger partial charge in [-0.05, 0) is 62.5 Å². The molecule has 3 rings (SSSR count). The van der Waals surface area contributed by atoms with Crippen LogP contribution in [-0.2, 0) is 9.59 Å². The van der Waals surface area contributed by atoms with Gasteiger partial charge in [0, 0.05) is 25.3 Å². The molecule has 0 spiro atoms. The number of hydrogen-bond donors (Lipinski definition) is 3. The summed E-state index contributed by atoms with van der Waals surface area (Å²) in [6, 6.07) is 9.38. The molecule has 1 aromatic carbocycles. The van der Waals surface area contributed by atoms with Crippen molar-refractivity contribution in [1.29, 1.82) is 0 Å². The maximum atomic E-state index is 12.4. The summed E-state index contributed by atoms with van der Waals surface area (Å²) in [6.45, 7) is 1.04. The molecule has 2 aliphatic carbocycles. The summed E-state index contributed by atoms with van der Waals surface area (Å²) in [5, 5.41) is 23.6. The van der Waals surface area contributed by atoms with Crippen LogP contribution in [0, 0.1) is 17.8 Å². The molecule has 0 radical (unpaired) electrons. The predicted molar refractivity (Wildman–Crippen MR) is 123 cm³/mol. The lowest BCUT2D eigenvalue weighted by Gasteiger charge is -2.22. The summed E-state index contributed by atoms with van der Waals surface area (Å²) in [6.07, 6.45) is 7.79. The third-order valence-electron chi connectivity index (χ3n) is 6.81. The van der Waals surface area contributed by atoms with Gasteiger partial charge in [0.05, 0.1) is 12.2 Å². The standard InChI is InChI=1S/C26H39NO5/c28-20(18-32-21-8-4-3-5-9-21)14-15-23-22(24(29)16-25(23)30)10-6-1-2-7-11-26(31)27-17-19-12-13-19/h3-5,8-9,19-20,22-23,25,28,30H,1-2,6-7,10-18H2,(H,27,31)/t20-,22-,23-,25-/m1/s1. The van der Waals surface area contributed by atoms with Crippen LogP contribution in [0.5, 0.6) is 5.75 Å². The number of carbonyl (C=O) groups excluding carboxylic acids is 2. The first kappa shape index (κ1) is 24.7. The second-order valence-electron chi connectivity index (χ2n) is 9.56. The first-order valence-electron chi connectivity index (χ1n) is 12.4. The van der Waals surface area contributed by atoms with E-state index in [0.29, 0.717) is 25.2 Å². The van der Waals surface area contributed by atoms with Gasteiger partial charge < -0.3 is 20.3 Å². The third-order valence-corrected chi connectivity index (χ3v) is 6.81. The minimum Gasteiger partial charge on any atom is -0.491 e. The topological polar surface area (TPSA) is 95.9 Å². The quantitative estimate of drug-likeness (QED) is 0.358. The number of nitrogens with one attached hydrogen (secondary N) is 1. The van der Waals surface area contributed by atoms with Crippen LogP contribution < -0.4 is 10.1 Å². The number of carbonyl (C=O) groups is 2. The molecule has 178 valence electrons. The Morgan fingerprint density at radius 2 is 1.84 bits per heavy atom. The molecule has 3 N–H and O–H groups in total. The number of unbranched alkanes of at least 4 members (excludes halogenated alkanes) is 3. The van der Waals surface area contributed by atoms with E-state index in [2.05, 4.69) is 5.32 Å². The molecule has 1 amide bonds. The van der Waals surface area contributed by atoms with Gasteiger partial charge in [-0.1, -0.05) is 37.5 Å². The molecule has 2 fully saturated rings. The molecule has 0 heterocycles. The van der Waals surface area contributed by atoms with Crippen molar-refractivity contribution < 1.29 is 24.5 Å². The van der Waals surface area contributed by atoms with Gasteiger partial charge in [0.25, 0.3) is 0 Å². The van der Waals surface area contributed by atoms with Gasteiger partial charge in [-0.2, -0.15) is 0 Å². The lowest BCUT2D eigenvalue weighted by atomic mass is 9.85. The maximum absolute atomic E-state index is 12.4. The maximum Gasteiger partial charge on any atom is 0.220 e. The van der Waals surface area contributed by atoms with Crippen LogP contribution in [0.25, 0.3) is 0 Å². The van der Waals surface area contributed by atoms with E-state index in [4.69, 9.17) is 4.74 Å². The number of Topliss-reactive ketones (excluding diaryl/α,β-unsaturated/α-hetero) is 1. The van der Waals surface area contributed by atoms with Crippen molar-refractivity contribution in [2.75, 3.05) is 13.2 Å². The van der Waals surface area contributed by atoms with E-state index in [-0.39, 0.29) is 36.6 Å². The molecule has 2 saturated carbocycles. The number of para-hydroxylation sites is 1. The Morgan fingerprint density at radius 1 is 1.09 bits per heavy atom. The molecule has 0 saturated heterocycles. The van der Waals surface area contributed by atoms with Crippen molar-refractivity contribution in [1.82, 2.24) is 5.32 Å². The highest BCUT2D eigenvalue weighted by molar-refractivity contribution is 5.84. The minimum absolute atomic E-state index is 0.0814. The fourth-order valence-electron chi connectivity index (χ4n) is 4.63. The SMILES string of the molecule is O=C(CCCCCC[C@H]1C(=O)C[C@@H](O)[C@@H]1CC[C@@H](O)COc1ccccc1)NCC1CC1. The molecule has 1 aromatic rings. The first-order valence-corrected chi connectivity index (χ1v) is 12.4. The fraction of sp³-hybridized carbons (Fsp3) is 0.692. The van der Waals surface area contributed by atoms with Gasteiger partial charge in [-0.25, -0.2) is 0 Å². The van der Waals surface area contributed by atoms with Crippen LogP contribution in [0.1, 0.15) is 70.6 Å². The van der Waals surface area contributed by atoms with Gasteiger partial charge in [-0.3, -0.25) is 9.59 Å². The number of amides is 1.